The fourth-order valence-electron chi connectivity index (χ4n) is 2.95. The van der Waals surface area contributed by atoms with Gasteiger partial charge in [0.15, 0.2) is 0 Å². The van der Waals surface area contributed by atoms with Gasteiger partial charge in [-0.15, -0.1) is 0 Å². The molecule has 5 nitrogen and oxygen atoms in total. The molecule has 2 unspecified atom stereocenters. The number of guanidine groups is 1. The van der Waals surface area contributed by atoms with Crippen LogP contribution in [0.4, 0.5) is 0 Å². The summed E-state index contributed by atoms with van der Waals surface area (Å²) in [6.45, 7) is 10.2. The quantitative estimate of drug-likeness (QED) is 0.378. The predicted octanol–water partition coefficient (Wildman–Crippen LogP) is 4.37. The zero-order valence-corrected chi connectivity index (χ0v) is 17.8. The molecule has 0 aromatic rings. The molecule has 2 rings (SSSR count). The molecular weight excluding hydrogens is 390 g/mol. The second kappa shape index (κ2) is 9.76. The van der Waals surface area contributed by atoms with Crippen LogP contribution in [0.3, 0.4) is 0 Å². The van der Waals surface area contributed by atoms with Gasteiger partial charge in [0.2, 0.25) is 5.96 Å². The minimum Gasteiger partial charge on any atom is -0.368 e. The maximum Gasteiger partial charge on any atom is 0.215 e. The molecule has 26 heavy (non-hydrogen) atoms. The molecule has 0 radical (unpaired) electrons. The van der Waals surface area contributed by atoms with Crippen molar-refractivity contribution in [1.82, 2.24) is 10.0 Å². The zero-order valence-electron chi connectivity index (χ0n) is 16.2. The van der Waals surface area contributed by atoms with E-state index in [9.17, 15) is 0 Å². The number of aliphatic imine (C=N–C) groups is 2. The Morgan fingerprint density at radius 3 is 2.92 bits per heavy atom. The Kier molecular flexibility index (Phi) is 7.69. The van der Waals surface area contributed by atoms with Crippen LogP contribution in [0.5, 0.6) is 0 Å². The summed E-state index contributed by atoms with van der Waals surface area (Å²) in [5.74, 6) is 0.817. The van der Waals surface area contributed by atoms with Crippen LogP contribution in [0.1, 0.15) is 40.5 Å². The lowest BCUT2D eigenvalue weighted by atomic mass is 10.1. The lowest BCUT2D eigenvalue weighted by Crippen LogP contribution is -2.42. The Balaban J connectivity index is 1.99. The number of nitrogens with two attached hydrogens (primary N) is 1. The normalized spacial score (nSPS) is 23.3. The third-order valence-corrected chi connectivity index (χ3v) is 4.61. The molecule has 2 heterocycles. The van der Waals surface area contributed by atoms with Crippen LogP contribution < -0.4 is 5.73 Å². The van der Waals surface area contributed by atoms with Gasteiger partial charge >= 0.3 is 0 Å². The highest BCUT2D eigenvalue weighted by Gasteiger charge is 2.33. The predicted molar refractivity (Wildman–Crippen MR) is 115 cm³/mol. The minimum atomic E-state index is 0.158. The summed E-state index contributed by atoms with van der Waals surface area (Å²) in [6.07, 6.45) is 15.0. The summed E-state index contributed by atoms with van der Waals surface area (Å²) < 4.78 is 1.17. The van der Waals surface area contributed by atoms with Crippen molar-refractivity contribution in [1.29, 1.82) is 0 Å². The first kappa shape index (κ1) is 20.5. The molecule has 0 aliphatic carbocycles. The summed E-state index contributed by atoms with van der Waals surface area (Å²) in [4.78, 5) is 8.84. The maximum absolute atomic E-state index is 5.95. The second-order valence-corrected chi connectivity index (χ2v) is 8.00. The smallest absolute Gasteiger partial charge is 0.215 e. The third kappa shape index (κ3) is 5.59. The van der Waals surface area contributed by atoms with Crippen molar-refractivity contribution in [2.24, 2.45) is 21.6 Å². The van der Waals surface area contributed by atoms with Crippen molar-refractivity contribution >= 4 is 27.6 Å². The monoisotopic (exact) mass is 419 g/mol. The number of hydrogen-bond donors (Lipinski definition) is 1. The van der Waals surface area contributed by atoms with Gasteiger partial charge in [-0.05, 0) is 43.2 Å². The Bertz CT molecular complexity index is 668. The zero-order chi connectivity index (χ0) is 19.1. The molecule has 142 valence electrons. The van der Waals surface area contributed by atoms with Crippen molar-refractivity contribution in [2.75, 3.05) is 13.1 Å². The van der Waals surface area contributed by atoms with Crippen LogP contribution in [0.2, 0.25) is 0 Å². The lowest BCUT2D eigenvalue weighted by molar-refractivity contribution is 0.0576. The van der Waals surface area contributed by atoms with Crippen LogP contribution in [0.25, 0.3) is 0 Å². The molecule has 0 saturated heterocycles. The van der Waals surface area contributed by atoms with Gasteiger partial charge in [-0.1, -0.05) is 48.0 Å². The van der Waals surface area contributed by atoms with Crippen LogP contribution in [-0.4, -0.2) is 40.8 Å². The molecule has 2 bridgehead atoms. The molecule has 2 atom stereocenters. The van der Waals surface area contributed by atoms with E-state index in [0.717, 1.165) is 37.2 Å². The van der Waals surface area contributed by atoms with Gasteiger partial charge in [-0.2, -0.15) is 0 Å². The molecular formula is C20H30BrN5. The van der Waals surface area contributed by atoms with Crippen molar-refractivity contribution in [3.05, 3.63) is 46.8 Å². The first-order valence-electron chi connectivity index (χ1n) is 9.25. The van der Waals surface area contributed by atoms with Crippen LogP contribution in [0, 0.1) is 5.92 Å². The number of fused-ring (bicyclic) bond motifs is 1. The van der Waals surface area contributed by atoms with E-state index in [1.807, 2.05) is 6.92 Å². The Morgan fingerprint density at radius 1 is 1.46 bits per heavy atom. The number of halogens is 1. The van der Waals surface area contributed by atoms with E-state index in [1.54, 1.807) is 0 Å². The molecule has 2 N–H and O–H groups in total. The van der Waals surface area contributed by atoms with Crippen molar-refractivity contribution in [3.8, 4) is 0 Å². The summed E-state index contributed by atoms with van der Waals surface area (Å²) >= 11 is 3.45. The molecule has 2 aliphatic rings. The van der Waals surface area contributed by atoms with E-state index in [1.165, 1.54) is 4.48 Å². The highest BCUT2D eigenvalue weighted by atomic mass is 79.9. The summed E-state index contributed by atoms with van der Waals surface area (Å²) in [7, 11) is 0. The standard InChI is InChI=1S/C20H30BrN5/c1-5-11-23-20(22)24-19-17(4)26-14-18(19)10-12-25(26)13-15(2)8-6-7-9-16(3)21/h6,8-10,12,14-15,17H,5,7,11,13H2,1-4H3,(H2,22,23)/b8-6-,16-9+,24-19+. The molecule has 0 aromatic heterocycles. The first-order valence-corrected chi connectivity index (χ1v) is 10.0. The van der Waals surface area contributed by atoms with E-state index >= 15 is 0 Å². The lowest BCUT2D eigenvalue weighted by Gasteiger charge is -2.35. The maximum atomic E-state index is 5.95. The molecule has 2 aliphatic heterocycles. The van der Waals surface area contributed by atoms with Crippen molar-refractivity contribution in [2.45, 2.75) is 46.6 Å². The van der Waals surface area contributed by atoms with Gasteiger partial charge in [0.25, 0.3) is 0 Å². The number of nitrogens with zero attached hydrogens (tertiary/aromatic N) is 4. The van der Waals surface area contributed by atoms with E-state index in [4.69, 9.17) is 5.73 Å². The van der Waals surface area contributed by atoms with Gasteiger partial charge in [0.1, 0.15) is 0 Å². The van der Waals surface area contributed by atoms with Crippen molar-refractivity contribution in [3.63, 3.8) is 0 Å². The molecule has 6 heteroatoms. The summed E-state index contributed by atoms with van der Waals surface area (Å²) in [6, 6.07) is 0.158. The van der Waals surface area contributed by atoms with E-state index in [0.29, 0.717) is 11.9 Å². The topological polar surface area (TPSA) is 57.2 Å². The summed E-state index contributed by atoms with van der Waals surface area (Å²) in [5, 5.41) is 4.48. The number of hydrazine groups is 1. The highest BCUT2D eigenvalue weighted by molar-refractivity contribution is 9.11. The SMILES string of the molecule is CCC/N=C(N)\N=C1\C2=CN(C1C)N(CC(C)/C=C\C/C=C(\C)Br)C=C2. The average Bonchev–Trinajstić information content (AvgIpc) is 2.84. The Morgan fingerprint density at radius 2 is 2.23 bits per heavy atom. The second-order valence-electron chi connectivity index (χ2n) is 6.75. The van der Waals surface area contributed by atoms with Crippen LogP contribution >= 0.6 is 15.9 Å². The van der Waals surface area contributed by atoms with Gasteiger partial charge in [0.05, 0.1) is 11.8 Å². The largest absolute Gasteiger partial charge is 0.368 e. The highest BCUT2D eigenvalue weighted by Crippen LogP contribution is 2.27. The average molecular weight is 420 g/mol. The van der Waals surface area contributed by atoms with Gasteiger partial charge in [0, 0.05) is 31.1 Å². The molecule has 0 fully saturated rings. The molecule has 0 spiro atoms. The molecule has 0 aromatic carbocycles. The third-order valence-electron chi connectivity index (χ3n) is 4.29. The number of hydrogen-bond acceptors (Lipinski definition) is 3. The minimum absolute atomic E-state index is 0.158. The Labute approximate surface area is 165 Å². The molecule has 0 saturated carbocycles. The van der Waals surface area contributed by atoms with E-state index < -0.39 is 0 Å². The van der Waals surface area contributed by atoms with Crippen LogP contribution in [0.15, 0.2) is 56.7 Å². The van der Waals surface area contributed by atoms with E-state index in [2.05, 4.69) is 93.4 Å². The van der Waals surface area contributed by atoms with Crippen LogP contribution in [-0.2, 0) is 0 Å². The fourth-order valence-corrected chi connectivity index (χ4v) is 3.14. The number of allylic oxidation sites excluding steroid dienone is 4. The number of rotatable bonds is 7. The first-order chi connectivity index (χ1) is 12.4. The van der Waals surface area contributed by atoms with Gasteiger partial charge < -0.3 is 5.73 Å². The fraction of sp³-hybridized carbons (Fsp3) is 0.500. The van der Waals surface area contributed by atoms with E-state index in [-0.39, 0.29) is 6.04 Å². The van der Waals surface area contributed by atoms with Gasteiger partial charge in [-0.25, -0.2) is 4.99 Å². The molecule has 0 amide bonds. The van der Waals surface area contributed by atoms with Crippen molar-refractivity contribution < 1.29 is 0 Å². The Hall–Kier alpha value is -1.82. The van der Waals surface area contributed by atoms with Gasteiger partial charge in [-0.3, -0.25) is 15.0 Å². The summed E-state index contributed by atoms with van der Waals surface area (Å²) in [5.41, 5.74) is 8.05.